The van der Waals surface area contributed by atoms with E-state index in [4.69, 9.17) is 57.1 Å². The normalized spacial score (nSPS) is 11.5. The van der Waals surface area contributed by atoms with E-state index in [0.717, 1.165) is 174 Å². The van der Waals surface area contributed by atoms with Gasteiger partial charge in [-0.1, -0.05) is 43.3 Å². The molecule has 0 spiro atoms. The highest BCUT2D eigenvalue weighted by molar-refractivity contribution is 7.20. The maximum Gasteiger partial charge on any atom is 0.264 e. The summed E-state index contributed by atoms with van der Waals surface area (Å²) in [5.41, 5.74) is 44.6. The summed E-state index contributed by atoms with van der Waals surface area (Å²) in [5, 5.41) is 10.8. The third kappa shape index (κ3) is 21.5. The Balaban J connectivity index is 0.000000106. The minimum atomic E-state index is -0.225. The van der Waals surface area contributed by atoms with Crippen LogP contribution in [0.3, 0.4) is 0 Å². The van der Waals surface area contributed by atoms with Gasteiger partial charge in [-0.15, -0.1) is 90.7 Å². The monoisotopic (exact) mass is 1980 g/mol. The molecule has 0 radical (unpaired) electrons. The van der Waals surface area contributed by atoms with Crippen LogP contribution in [0.5, 0.6) is 0 Å². The Hall–Kier alpha value is -15.9. The molecule has 0 fully saturated rings. The lowest BCUT2D eigenvalue weighted by Gasteiger charge is -2.22. The predicted octanol–water partition coefficient (Wildman–Crippen LogP) is 21.6. The van der Waals surface area contributed by atoms with Crippen LogP contribution in [0.25, 0.3) is 129 Å². The van der Waals surface area contributed by atoms with Gasteiger partial charge in [0.05, 0.1) is 56.6 Å². The van der Waals surface area contributed by atoms with Gasteiger partial charge >= 0.3 is 0 Å². The molecule has 0 aliphatic heterocycles. The van der Waals surface area contributed by atoms with Crippen molar-refractivity contribution in [2.24, 2.45) is 0 Å². The molecule has 24 rings (SSSR count). The number of thiazole rings is 2. The van der Waals surface area contributed by atoms with Crippen molar-refractivity contribution in [3.05, 3.63) is 324 Å². The largest absolute Gasteiger partial charge is 0.458 e. The quantitative estimate of drug-likeness (QED) is 0.0438. The number of oxazole rings is 3. The number of furan rings is 1. The molecule has 0 saturated carbocycles. The van der Waals surface area contributed by atoms with Crippen LogP contribution < -0.4 is 34.4 Å². The predicted molar refractivity (Wildman–Crippen MR) is 552 cm³/mol. The Morgan fingerprint density at radius 2 is 0.784 bits per heavy atom. The van der Waals surface area contributed by atoms with Crippen molar-refractivity contribution in [2.45, 2.75) is 85.0 Å². The summed E-state index contributed by atoms with van der Waals surface area (Å²) in [6, 6.07) is 49.7. The van der Waals surface area contributed by atoms with Crippen LogP contribution in [-0.2, 0) is 31.1 Å². The molecule has 0 amide bonds. The summed E-state index contributed by atoms with van der Waals surface area (Å²) < 4.78 is 21.3. The van der Waals surface area contributed by atoms with Crippen molar-refractivity contribution < 1.29 is 17.7 Å². The SMILES string of the molecule is CCC(c1ccccn1)c1cc2c(N)nc(-c3cnco3)nc2s1.Cc1ccc(-c2nc(N)c3cc(Cc4ccccn4)sc3n2)o1.Cc1csc(-c2nc(N)c3cc(C(C)(C)c4ccccn4)sc3n2)n1.Cc1csc(-c2nc(N)c3cc(Cc4ccccn4)sc3n2)n1.Nc1nc(-c2cnco2)nc2sc(Cc3ccccn3)cc12.Nc1nc(-c2ncco2)nc2sc(Cc3cccnc3)cc12. The summed E-state index contributed by atoms with van der Waals surface area (Å²) in [6.07, 6.45) is 25.6. The molecule has 0 aliphatic carbocycles. The van der Waals surface area contributed by atoms with Crippen LogP contribution in [0.2, 0.25) is 0 Å². The van der Waals surface area contributed by atoms with E-state index in [2.05, 4.69) is 149 Å². The minimum absolute atomic E-state index is 0.221. The van der Waals surface area contributed by atoms with Crippen molar-refractivity contribution >= 4 is 187 Å². The summed E-state index contributed by atoms with van der Waals surface area (Å²) in [7, 11) is 0. The highest BCUT2D eigenvalue weighted by Gasteiger charge is 2.29. The van der Waals surface area contributed by atoms with Crippen LogP contribution in [0.4, 0.5) is 34.9 Å². The van der Waals surface area contributed by atoms with E-state index >= 15 is 0 Å². The summed E-state index contributed by atoms with van der Waals surface area (Å²) >= 11 is 12.7. The molecule has 0 bridgehead atoms. The molecule has 24 aromatic rings. The lowest BCUT2D eigenvalue weighted by Crippen LogP contribution is -2.18. The number of nitrogen functional groups attached to an aromatic ring is 6. The maximum atomic E-state index is 6.21. The second-order valence-corrected chi connectivity index (χ2v) is 39.9. The highest BCUT2D eigenvalue weighted by Crippen LogP contribution is 2.43. The molecule has 12 N–H and O–H groups in total. The Labute approximate surface area is 824 Å². The molecular formula is C98H81N29O4S8. The topological polar surface area (TPSA) is 505 Å². The molecule has 1 unspecified atom stereocenters. The van der Waals surface area contributed by atoms with Gasteiger partial charge in [0, 0.05) is 155 Å². The standard InChI is InChI=1S/C18H17N5S2.C17H15N5OS.C17H14N4OS.C16H13N5S2.2C15H11N5OS/c1-10-9-24-17(21-10)15-22-14(19)11-8-13(25-16(11)23-15)18(2,3)12-6-4-5-7-20-12;1-2-10(12-5-3-4-6-20-12)14-7-11-15(18)21-16(22-17(11)24-14)13-8-19-9-23-13;1-10-5-6-14(22-10)16-20-15(18)13-9-12(23-17(13)21-16)8-11-4-2-3-7-19-11;1-9-8-22-16(19-9)14-20-13(17)12-7-11(23-15(12)21-14)6-10-4-2-3-5-18-10;16-12-11-7-10(6-9-2-1-3-17-8-9)22-15(11)20-13(19-12)14-18-4-5-21-14;16-13-11-6-10(5-9-3-1-2-4-18-9)22-15(11)20-14(19-13)12-7-17-8-21-12/h4-9H,1-3H3,(H2,19,22,23);3-10H,2H2,1H3,(H2,18,21,22);2-7,9H,8H2,1H3,(H2,18,20,21);2-5,7-8H,6H2,1H3,(H2,17,20,21);1-5,7-8H,6H2,(H2,16,19,20);1-4,6-8H,5H2,(H2,16,19,20). The average Bonchev–Trinajstić information content (AvgIpc) is 1.62. The number of thiophene rings is 6. The average molecular weight is 1990 g/mol. The van der Waals surface area contributed by atoms with Crippen LogP contribution in [-0.4, -0.2) is 115 Å². The van der Waals surface area contributed by atoms with Crippen LogP contribution >= 0.6 is 90.7 Å². The van der Waals surface area contributed by atoms with Crippen molar-refractivity contribution in [3.63, 3.8) is 0 Å². The highest BCUT2D eigenvalue weighted by atomic mass is 32.1. The third-order valence-corrected chi connectivity index (χ3v) is 29.9. The molecule has 24 heterocycles. The Bertz CT molecular complexity index is 7990. The number of anilines is 6. The first-order valence-electron chi connectivity index (χ1n) is 43.1. The summed E-state index contributed by atoms with van der Waals surface area (Å²) in [6.45, 7) is 12.3. The van der Waals surface area contributed by atoms with Gasteiger partial charge in [-0.25, -0.2) is 84.7 Å². The third-order valence-electron chi connectivity index (χ3n) is 21.3. The minimum Gasteiger partial charge on any atom is -0.458 e. The molecule has 690 valence electrons. The Kier molecular flexibility index (Phi) is 27.4. The number of aryl methyl sites for hydroxylation is 3. The number of rotatable bonds is 19. The number of hydrogen-bond acceptors (Lipinski definition) is 41. The van der Waals surface area contributed by atoms with Crippen LogP contribution in [0.1, 0.15) is 114 Å². The van der Waals surface area contributed by atoms with E-state index in [0.29, 0.717) is 93.0 Å². The lowest BCUT2D eigenvalue weighted by atomic mass is 9.87. The Morgan fingerprint density at radius 1 is 0.353 bits per heavy atom. The molecule has 41 heteroatoms. The van der Waals surface area contributed by atoms with Gasteiger partial charge in [0.25, 0.3) is 5.89 Å². The number of aromatic nitrogens is 23. The van der Waals surface area contributed by atoms with E-state index in [-0.39, 0.29) is 11.3 Å². The van der Waals surface area contributed by atoms with E-state index in [9.17, 15) is 0 Å². The second kappa shape index (κ2) is 41.4. The molecule has 0 aliphatic rings. The van der Waals surface area contributed by atoms with Gasteiger partial charge in [0.1, 0.15) is 75.9 Å². The fourth-order valence-electron chi connectivity index (χ4n) is 14.5. The number of nitrogens with zero attached hydrogens (tertiary/aromatic N) is 23. The molecule has 24 aromatic heterocycles. The number of fused-ring (bicyclic) bond motifs is 6. The van der Waals surface area contributed by atoms with Gasteiger partial charge in [-0.2, -0.15) is 0 Å². The molecular weight excluding hydrogens is 1900 g/mol. The maximum absolute atomic E-state index is 6.21. The fourth-order valence-corrected chi connectivity index (χ4v) is 22.6. The summed E-state index contributed by atoms with van der Waals surface area (Å²) in [4.78, 5) is 113. The van der Waals surface area contributed by atoms with Gasteiger partial charge in [0.15, 0.2) is 57.6 Å². The first kappa shape index (κ1) is 92.2. The molecule has 0 aromatic carbocycles. The van der Waals surface area contributed by atoms with Crippen molar-refractivity contribution in [1.82, 2.24) is 115 Å². The molecule has 139 heavy (non-hydrogen) atoms. The van der Waals surface area contributed by atoms with Crippen LogP contribution in [0, 0.1) is 20.8 Å². The second-order valence-electron chi connectivity index (χ2n) is 31.7. The van der Waals surface area contributed by atoms with E-state index in [1.54, 1.807) is 111 Å². The fraction of sp³-hybridized carbons (Fsp3) is 0.133. The van der Waals surface area contributed by atoms with Gasteiger partial charge in [0.2, 0.25) is 17.5 Å². The van der Waals surface area contributed by atoms with Crippen LogP contribution in [0.15, 0.2) is 261 Å². The first-order chi connectivity index (χ1) is 67.7. The van der Waals surface area contributed by atoms with Gasteiger partial charge in [-0.3, -0.25) is 29.9 Å². The van der Waals surface area contributed by atoms with E-state index in [1.807, 2.05) is 184 Å². The number of nitrogens with two attached hydrogens (primary N) is 6. The molecule has 33 nitrogen and oxygen atoms in total. The smallest absolute Gasteiger partial charge is 0.264 e. The summed E-state index contributed by atoms with van der Waals surface area (Å²) in [5.74, 6) is 8.89. The number of pyridine rings is 6. The van der Waals surface area contributed by atoms with Gasteiger partial charge in [-0.05, 0) is 162 Å². The Morgan fingerprint density at radius 3 is 1.19 bits per heavy atom. The zero-order valence-electron chi connectivity index (χ0n) is 74.9. The molecule has 1 atom stereocenters. The molecule has 0 saturated heterocycles. The number of hydrogen-bond donors (Lipinski definition) is 6. The first-order valence-corrected chi connectivity index (χ1v) is 49.7. The van der Waals surface area contributed by atoms with E-state index in [1.165, 1.54) is 51.5 Å². The van der Waals surface area contributed by atoms with Crippen molar-refractivity contribution in [1.29, 1.82) is 0 Å². The zero-order chi connectivity index (χ0) is 95.6. The van der Waals surface area contributed by atoms with Crippen molar-refractivity contribution in [2.75, 3.05) is 34.4 Å². The van der Waals surface area contributed by atoms with E-state index < -0.39 is 0 Å². The van der Waals surface area contributed by atoms with Gasteiger partial charge < -0.3 is 52.1 Å². The zero-order valence-corrected chi connectivity index (χ0v) is 81.4. The van der Waals surface area contributed by atoms with Crippen molar-refractivity contribution in [3.8, 4) is 68.1 Å². The lowest BCUT2D eigenvalue weighted by molar-refractivity contribution is 0.544.